The number of aryl methyl sites for hydroxylation is 2. The van der Waals surface area contributed by atoms with Gasteiger partial charge in [0, 0.05) is 19.2 Å². The lowest BCUT2D eigenvalue weighted by Crippen LogP contribution is -2.24. The van der Waals surface area contributed by atoms with Crippen molar-refractivity contribution in [3.8, 4) is 0 Å². The third-order valence-corrected chi connectivity index (χ3v) is 7.51. The van der Waals surface area contributed by atoms with Gasteiger partial charge in [-0.15, -0.1) is 11.3 Å². The lowest BCUT2D eigenvalue weighted by molar-refractivity contribution is 0.0697. The first kappa shape index (κ1) is 22.1. The van der Waals surface area contributed by atoms with E-state index in [2.05, 4.69) is 14.9 Å². The number of rotatable bonds is 8. The smallest absolute Gasteiger partial charge is 0.339 e. The monoisotopic (exact) mass is 470 g/mol. The summed E-state index contributed by atoms with van der Waals surface area (Å²) in [7, 11) is -2.18. The van der Waals surface area contributed by atoms with Crippen molar-refractivity contribution in [2.75, 3.05) is 23.2 Å². The van der Waals surface area contributed by atoms with Crippen LogP contribution in [0.2, 0.25) is 4.34 Å². The molecule has 3 heterocycles. The van der Waals surface area contributed by atoms with E-state index in [9.17, 15) is 18.3 Å². The molecule has 0 aliphatic rings. The molecular formula is C18H19ClN4O5S2. The predicted molar refractivity (Wildman–Crippen MR) is 114 cm³/mol. The quantitative estimate of drug-likeness (QED) is 0.511. The van der Waals surface area contributed by atoms with E-state index in [-0.39, 0.29) is 21.3 Å². The number of anilines is 2. The summed E-state index contributed by atoms with van der Waals surface area (Å²) in [6.07, 6.45) is 1.87. The molecule has 0 atom stereocenters. The minimum atomic E-state index is -3.90. The molecule has 0 aliphatic heterocycles. The highest BCUT2D eigenvalue weighted by Gasteiger charge is 2.21. The van der Waals surface area contributed by atoms with Crippen LogP contribution in [-0.4, -0.2) is 43.2 Å². The first-order valence-electron chi connectivity index (χ1n) is 8.73. The number of carboxylic acids is 1. The van der Waals surface area contributed by atoms with Crippen LogP contribution < -0.4 is 9.62 Å². The molecule has 0 spiro atoms. The summed E-state index contributed by atoms with van der Waals surface area (Å²) in [5.41, 5.74) is 1.66. The number of hydrogen-bond donors (Lipinski definition) is 2. The van der Waals surface area contributed by atoms with E-state index in [0.29, 0.717) is 23.1 Å². The fourth-order valence-corrected chi connectivity index (χ4v) is 5.38. The minimum Gasteiger partial charge on any atom is -0.478 e. The number of pyridine rings is 1. The lowest BCUT2D eigenvalue weighted by Gasteiger charge is -2.20. The number of halogens is 1. The van der Waals surface area contributed by atoms with Crippen LogP contribution in [0.15, 0.2) is 33.1 Å². The van der Waals surface area contributed by atoms with Crippen molar-refractivity contribution in [3.05, 3.63) is 51.3 Å². The van der Waals surface area contributed by atoms with Gasteiger partial charge in [-0.2, -0.15) is 0 Å². The van der Waals surface area contributed by atoms with Crippen molar-refractivity contribution in [1.29, 1.82) is 0 Å². The van der Waals surface area contributed by atoms with Crippen molar-refractivity contribution in [2.24, 2.45) is 0 Å². The molecule has 0 aromatic carbocycles. The zero-order chi connectivity index (χ0) is 22.1. The van der Waals surface area contributed by atoms with E-state index >= 15 is 0 Å². The topological polar surface area (TPSA) is 126 Å². The van der Waals surface area contributed by atoms with Gasteiger partial charge in [-0.05, 0) is 38.5 Å². The third-order valence-electron chi connectivity index (χ3n) is 4.40. The van der Waals surface area contributed by atoms with E-state index in [1.165, 1.54) is 24.4 Å². The highest BCUT2D eigenvalue weighted by Crippen LogP contribution is 2.28. The fraction of sp³-hybridized carbons (Fsp3) is 0.278. The van der Waals surface area contributed by atoms with Crippen molar-refractivity contribution in [3.63, 3.8) is 0 Å². The first-order valence-corrected chi connectivity index (χ1v) is 11.4. The Morgan fingerprint density at radius 1 is 1.37 bits per heavy atom. The summed E-state index contributed by atoms with van der Waals surface area (Å²) in [6, 6.07) is 4.08. The summed E-state index contributed by atoms with van der Waals surface area (Å²) in [5.74, 6) is -0.288. The van der Waals surface area contributed by atoms with Gasteiger partial charge >= 0.3 is 5.97 Å². The zero-order valence-electron chi connectivity index (χ0n) is 16.3. The van der Waals surface area contributed by atoms with Crippen molar-refractivity contribution in [2.45, 2.75) is 24.5 Å². The molecule has 3 aromatic rings. The number of hydrogen-bond acceptors (Lipinski definition) is 8. The molecule has 0 unspecified atom stereocenters. The van der Waals surface area contributed by atoms with Crippen molar-refractivity contribution >= 4 is 50.4 Å². The Kier molecular flexibility index (Phi) is 6.34. The van der Waals surface area contributed by atoms with Crippen LogP contribution in [0.25, 0.3) is 0 Å². The number of carbonyl (C=O) groups is 1. The molecule has 3 rings (SSSR count). The summed E-state index contributed by atoms with van der Waals surface area (Å²) >= 11 is 6.70. The molecule has 30 heavy (non-hydrogen) atoms. The Hall–Kier alpha value is -2.63. The molecule has 9 nitrogen and oxygen atoms in total. The predicted octanol–water partition coefficient (Wildman–Crippen LogP) is 3.58. The maximum atomic E-state index is 12.5. The molecule has 3 aromatic heterocycles. The van der Waals surface area contributed by atoms with Gasteiger partial charge in [-0.1, -0.05) is 16.8 Å². The Balaban J connectivity index is 1.82. The van der Waals surface area contributed by atoms with Gasteiger partial charge in [0.15, 0.2) is 0 Å². The highest BCUT2D eigenvalue weighted by atomic mass is 35.5. The van der Waals surface area contributed by atoms with Crippen LogP contribution in [0, 0.1) is 13.8 Å². The Morgan fingerprint density at radius 2 is 2.10 bits per heavy atom. The van der Waals surface area contributed by atoms with E-state index in [4.69, 9.17) is 16.1 Å². The second-order valence-corrected chi connectivity index (χ2v) is 10.2. The average molecular weight is 471 g/mol. The summed E-state index contributed by atoms with van der Waals surface area (Å²) in [5, 5.41) is 13.5. The number of nitrogens with one attached hydrogen (secondary N) is 1. The molecule has 0 saturated carbocycles. The average Bonchev–Trinajstić information content (AvgIpc) is 3.25. The van der Waals surface area contributed by atoms with Gasteiger partial charge in [0.25, 0.3) is 10.0 Å². The fourth-order valence-electron chi connectivity index (χ4n) is 2.87. The molecule has 0 bridgehead atoms. The van der Waals surface area contributed by atoms with E-state index in [0.717, 1.165) is 22.6 Å². The van der Waals surface area contributed by atoms with Gasteiger partial charge in [-0.3, -0.25) is 4.72 Å². The van der Waals surface area contributed by atoms with Gasteiger partial charge < -0.3 is 14.5 Å². The third kappa shape index (κ3) is 4.74. The molecule has 0 aliphatic carbocycles. The van der Waals surface area contributed by atoms with Gasteiger partial charge in [-0.25, -0.2) is 18.2 Å². The number of sulfonamides is 1. The SMILES string of the molecule is Cc1noc(C)c1CCN(C)c1ncc(NS(=O)(=O)c2ccc(Cl)s2)cc1C(=O)O. The van der Waals surface area contributed by atoms with Crippen molar-refractivity contribution < 1.29 is 22.8 Å². The molecule has 2 N–H and O–H groups in total. The maximum absolute atomic E-state index is 12.5. The zero-order valence-corrected chi connectivity index (χ0v) is 18.7. The number of carboxylic acid groups (broad SMARTS) is 1. The van der Waals surface area contributed by atoms with Crippen LogP contribution in [0.3, 0.4) is 0 Å². The number of nitrogens with zero attached hydrogens (tertiary/aromatic N) is 3. The Bertz CT molecular complexity index is 1170. The molecule has 0 radical (unpaired) electrons. The van der Waals surface area contributed by atoms with Crippen LogP contribution in [-0.2, 0) is 16.4 Å². The molecule has 12 heteroatoms. The second-order valence-electron chi connectivity index (χ2n) is 6.54. The first-order chi connectivity index (χ1) is 14.1. The molecule has 0 amide bonds. The Labute approximate surface area is 182 Å². The van der Waals surface area contributed by atoms with E-state index in [1.54, 1.807) is 11.9 Å². The summed E-state index contributed by atoms with van der Waals surface area (Å²) in [6.45, 7) is 4.13. The van der Waals surface area contributed by atoms with Gasteiger partial charge in [0.2, 0.25) is 0 Å². The van der Waals surface area contributed by atoms with E-state index < -0.39 is 16.0 Å². The summed E-state index contributed by atoms with van der Waals surface area (Å²) in [4.78, 5) is 17.6. The van der Waals surface area contributed by atoms with Gasteiger partial charge in [0.05, 0.1) is 21.9 Å². The summed E-state index contributed by atoms with van der Waals surface area (Å²) < 4.78 is 32.7. The Morgan fingerprint density at radius 3 is 2.67 bits per heavy atom. The van der Waals surface area contributed by atoms with Gasteiger partial charge in [0.1, 0.15) is 21.4 Å². The number of aromatic nitrogens is 2. The molecular weight excluding hydrogens is 452 g/mol. The van der Waals surface area contributed by atoms with Crippen LogP contribution in [0.5, 0.6) is 0 Å². The minimum absolute atomic E-state index is 0.0185. The lowest BCUT2D eigenvalue weighted by atomic mass is 10.1. The van der Waals surface area contributed by atoms with Crippen LogP contribution in [0.1, 0.15) is 27.4 Å². The number of thiophene rings is 1. The molecule has 0 saturated heterocycles. The maximum Gasteiger partial charge on any atom is 0.339 e. The molecule has 160 valence electrons. The highest BCUT2D eigenvalue weighted by molar-refractivity contribution is 7.94. The van der Waals surface area contributed by atoms with Crippen LogP contribution in [0.4, 0.5) is 11.5 Å². The number of aromatic carboxylic acids is 1. The normalized spacial score (nSPS) is 11.5. The largest absolute Gasteiger partial charge is 0.478 e. The molecule has 0 fully saturated rings. The van der Waals surface area contributed by atoms with E-state index in [1.807, 2.05) is 13.8 Å². The van der Waals surface area contributed by atoms with Crippen molar-refractivity contribution in [1.82, 2.24) is 10.1 Å². The number of likely N-dealkylation sites (N-methyl/N-ethyl adjacent to an activating group) is 1. The van der Waals surface area contributed by atoms with Crippen LogP contribution >= 0.6 is 22.9 Å². The second kappa shape index (κ2) is 8.62. The standard InChI is InChI=1S/C18H19ClN4O5S2/c1-10-13(11(2)28-21-10)6-7-23(3)17-14(18(24)25)8-12(9-20-17)22-30(26,27)16-5-4-15(19)29-16/h4-5,8-9,22H,6-7H2,1-3H3,(H,24,25).